The van der Waals surface area contributed by atoms with Gasteiger partial charge in [-0.15, -0.1) is 10.2 Å². The molecule has 2 aliphatic rings. The maximum atomic E-state index is 12.9. The Morgan fingerprint density at radius 1 is 1.09 bits per heavy atom. The van der Waals surface area contributed by atoms with Crippen LogP contribution in [0.4, 0.5) is 16.3 Å². The molecule has 4 heterocycles. The Morgan fingerprint density at radius 3 is 2.63 bits per heavy atom. The minimum absolute atomic E-state index is 0. The number of benzene rings is 1. The van der Waals surface area contributed by atoms with Crippen LogP contribution in [0.1, 0.15) is 43.9 Å². The maximum Gasteiger partial charge on any atom is 1.00 e. The van der Waals surface area contributed by atoms with E-state index in [0.717, 1.165) is 44.5 Å². The van der Waals surface area contributed by atoms with Crippen LogP contribution in [0.15, 0.2) is 36.7 Å². The summed E-state index contributed by atoms with van der Waals surface area (Å²) in [6.45, 7) is 7.19. The predicted octanol–water partition coefficient (Wildman–Crippen LogP) is 1.84. The molecule has 0 bridgehead atoms. The van der Waals surface area contributed by atoms with Crippen LogP contribution < -0.4 is 56.1 Å². The summed E-state index contributed by atoms with van der Waals surface area (Å²) in [5, 5.41) is 13.1. The Morgan fingerprint density at radius 2 is 1.89 bits per heavy atom. The van der Waals surface area contributed by atoms with Crippen LogP contribution in [0, 0.1) is 0 Å². The zero-order valence-corrected chi connectivity index (χ0v) is 24.1. The number of carbonyl (C=O) groups is 1. The van der Waals surface area contributed by atoms with Crippen LogP contribution in [0.2, 0.25) is 0 Å². The summed E-state index contributed by atoms with van der Waals surface area (Å²) in [6, 6.07) is 10.1. The number of amides is 2. The third-order valence-electron chi connectivity index (χ3n) is 6.49. The number of nitrogens with zero attached hydrogens (tertiary/aromatic N) is 7. The largest absolute Gasteiger partial charge is 1.00 e. The van der Waals surface area contributed by atoms with Gasteiger partial charge in [0.1, 0.15) is 12.1 Å². The molecule has 3 aromatic rings. The average Bonchev–Trinajstić information content (AvgIpc) is 3.56. The molecule has 1 fully saturated rings. The number of urea groups is 1. The Kier molecular flexibility index (Phi) is 8.49. The first kappa shape index (κ1) is 26.1. The van der Waals surface area contributed by atoms with E-state index in [-0.39, 0.29) is 63.5 Å². The molecule has 35 heavy (non-hydrogen) atoms. The first-order valence-corrected chi connectivity index (χ1v) is 11.9. The fourth-order valence-electron chi connectivity index (χ4n) is 4.63. The molecule has 1 saturated heterocycles. The van der Waals surface area contributed by atoms with E-state index in [9.17, 15) is 4.79 Å². The average molecular weight is 500 g/mol. The van der Waals surface area contributed by atoms with Crippen molar-refractivity contribution in [3.63, 3.8) is 0 Å². The van der Waals surface area contributed by atoms with Crippen LogP contribution in [0.25, 0.3) is 16.8 Å². The molecule has 9 nitrogen and oxygen atoms in total. The molecule has 1 aromatic carbocycles. The zero-order chi connectivity index (χ0) is 23.7. The molecule has 2 aliphatic heterocycles. The molecule has 0 N–H and O–H groups in total. The van der Waals surface area contributed by atoms with Crippen molar-refractivity contribution in [3.8, 4) is 17.3 Å². The van der Waals surface area contributed by atoms with Crippen molar-refractivity contribution < 1.29 is 60.9 Å². The monoisotopic (exact) mass is 499 g/mol. The number of pyridine rings is 1. The van der Waals surface area contributed by atoms with E-state index in [1.165, 1.54) is 5.56 Å². The fraction of sp³-hybridized carbons (Fsp3) is 0.440. The molecular formula is C25H30KN7O2. The van der Waals surface area contributed by atoms with Crippen molar-refractivity contribution in [2.24, 2.45) is 0 Å². The van der Waals surface area contributed by atoms with Gasteiger partial charge in [0.15, 0.2) is 5.82 Å². The van der Waals surface area contributed by atoms with Crippen LogP contribution in [0.3, 0.4) is 0 Å². The summed E-state index contributed by atoms with van der Waals surface area (Å²) in [6.07, 6.45) is 4.71. The van der Waals surface area contributed by atoms with Gasteiger partial charge in [-0.2, -0.15) is 0 Å². The van der Waals surface area contributed by atoms with Gasteiger partial charge in [-0.05, 0) is 50.3 Å². The number of hydrogen-bond donors (Lipinski definition) is 0. The molecule has 5 rings (SSSR count). The van der Waals surface area contributed by atoms with Crippen molar-refractivity contribution in [1.82, 2.24) is 29.5 Å². The van der Waals surface area contributed by atoms with Crippen molar-refractivity contribution in [1.29, 1.82) is 0 Å². The number of methoxy groups -OCH3 is 1. The Bertz CT molecular complexity index is 1190. The number of rotatable bonds is 5. The van der Waals surface area contributed by atoms with E-state index in [1.54, 1.807) is 13.4 Å². The van der Waals surface area contributed by atoms with Crippen LogP contribution in [-0.2, 0) is 13.0 Å². The third kappa shape index (κ3) is 5.56. The van der Waals surface area contributed by atoms with E-state index in [1.807, 2.05) is 44.7 Å². The van der Waals surface area contributed by atoms with Gasteiger partial charge in [-0.25, -0.2) is 4.79 Å². The number of hydrogen-bond acceptors (Lipinski definition) is 5. The van der Waals surface area contributed by atoms with Gasteiger partial charge in [0, 0.05) is 43.6 Å². The molecule has 0 radical (unpaired) electrons. The summed E-state index contributed by atoms with van der Waals surface area (Å²) < 4.78 is 7.64. The van der Waals surface area contributed by atoms with Gasteiger partial charge in [0.05, 0.1) is 7.11 Å². The summed E-state index contributed by atoms with van der Waals surface area (Å²) >= 11 is 0. The zero-order valence-electron chi connectivity index (χ0n) is 20.9. The maximum absolute atomic E-state index is 12.9. The van der Waals surface area contributed by atoms with E-state index in [4.69, 9.17) is 15.0 Å². The fourth-order valence-corrected chi connectivity index (χ4v) is 4.63. The Balaban J connectivity index is 0.00000289. The summed E-state index contributed by atoms with van der Waals surface area (Å²) in [5.41, 5.74) is 3.72. The summed E-state index contributed by atoms with van der Waals surface area (Å²) in [7, 11) is 1.65. The predicted molar refractivity (Wildman–Crippen MR) is 130 cm³/mol. The standard InChI is InChI=1S/C25H30N7O2.K/c1-17(2)32-16-26-29-24(32)20-7-6-8-23(27-20)28-21-13-19-15-31(25(33)30-10-4-5-11-30)12-9-18(19)14-22(21)34-3;/h6-8,13-14,16-17H,4-5,9-12,15H2,1-3H3;/q-1;+1. The van der Waals surface area contributed by atoms with Crippen LogP contribution >= 0.6 is 0 Å². The first-order chi connectivity index (χ1) is 16.5. The molecule has 0 unspecified atom stereocenters. The van der Waals surface area contributed by atoms with Gasteiger partial charge in [-0.3, -0.25) is 0 Å². The second-order valence-corrected chi connectivity index (χ2v) is 9.09. The van der Waals surface area contributed by atoms with Gasteiger partial charge in [0.25, 0.3) is 0 Å². The van der Waals surface area contributed by atoms with Crippen molar-refractivity contribution in [2.45, 2.75) is 45.7 Å². The van der Waals surface area contributed by atoms with E-state index in [2.05, 4.69) is 24.0 Å². The second kappa shape index (κ2) is 11.4. The minimum Gasteiger partial charge on any atom is -0.497 e. The Hall–Kier alpha value is -1.98. The van der Waals surface area contributed by atoms with E-state index >= 15 is 0 Å². The van der Waals surface area contributed by atoms with Crippen LogP contribution in [-0.4, -0.2) is 62.3 Å². The minimum atomic E-state index is 0. The number of carbonyl (C=O) groups excluding carboxylic acids is 1. The molecular weight excluding hydrogens is 469 g/mol. The second-order valence-electron chi connectivity index (χ2n) is 9.09. The summed E-state index contributed by atoms with van der Waals surface area (Å²) in [5.74, 6) is 1.98. The topological polar surface area (TPSA) is 90.5 Å². The third-order valence-corrected chi connectivity index (χ3v) is 6.49. The molecule has 178 valence electrons. The van der Waals surface area contributed by atoms with Gasteiger partial charge < -0.3 is 29.4 Å². The van der Waals surface area contributed by atoms with Gasteiger partial charge in [0.2, 0.25) is 0 Å². The Labute approximate surface area is 248 Å². The van der Waals surface area contributed by atoms with Gasteiger partial charge in [-0.1, -0.05) is 30.1 Å². The number of ether oxygens (including phenoxy) is 1. The number of likely N-dealkylation sites (tertiary alicyclic amines) is 1. The quantitative estimate of drug-likeness (QED) is 0.500. The molecule has 2 amide bonds. The van der Waals surface area contributed by atoms with Crippen molar-refractivity contribution in [3.05, 3.63) is 53.1 Å². The molecule has 0 saturated carbocycles. The first-order valence-electron chi connectivity index (χ1n) is 11.9. The molecule has 10 heteroatoms. The number of aromatic nitrogens is 4. The smallest absolute Gasteiger partial charge is 0.497 e. The normalized spacial score (nSPS) is 15.1. The molecule has 0 spiro atoms. The van der Waals surface area contributed by atoms with Crippen molar-refractivity contribution in [2.75, 3.05) is 26.7 Å². The SMILES string of the molecule is COc1cc2c(cc1[N-]c1cccc(-c3nncn3C(C)C)n1)CN(C(=O)N1CCCC1)CC2.[K+]. The van der Waals surface area contributed by atoms with E-state index < -0.39 is 0 Å². The molecule has 0 aliphatic carbocycles. The van der Waals surface area contributed by atoms with Crippen LogP contribution in [0.5, 0.6) is 5.75 Å². The molecule has 2 aromatic heterocycles. The summed E-state index contributed by atoms with van der Waals surface area (Å²) in [4.78, 5) is 21.5. The van der Waals surface area contributed by atoms with Gasteiger partial charge >= 0.3 is 57.4 Å². The van der Waals surface area contributed by atoms with Crippen molar-refractivity contribution >= 4 is 17.5 Å². The van der Waals surface area contributed by atoms with E-state index in [0.29, 0.717) is 35.3 Å². The molecule has 0 atom stereocenters. The number of fused-ring (bicyclic) bond motifs is 1.